The molecule has 0 saturated heterocycles. The van der Waals surface area contributed by atoms with E-state index >= 15 is 0 Å². The molecule has 0 amide bonds. The summed E-state index contributed by atoms with van der Waals surface area (Å²) in [5.41, 5.74) is 5.65. The minimum Gasteiger partial charge on any atom is -0.358 e. The fraction of sp³-hybridized carbons (Fsp3) is 0.467. The van der Waals surface area contributed by atoms with Gasteiger partial charge in [0.25, 0.3) is 0 Å². The van der Waals surface area contributed by atoms with Crippen molar-refractivity contribution in [1.82, 2.24) is 10.3 Å². The lowest BCUT2D eigenvalue weighted by atomic mass is 10.00. The Hall–Kier alpha value is -1.28. The number of hydrogen-bond acceptors (Lipinski definition) is 1. The normalized spacial score (nSPS) is 16.2. The Bertz CT molecular complexity index is 537. The summed E-state index contributed by atoms with van der Waals surface area (Å²) in [6.07, 6.45) is 2.41. The number of hydrogen-bond donors (Lipinski definition) is 2. The van der Waals surface area contributed by atoms with Crippen LogP contribution in [0.5, 0.6) is 0 Å². The predicted molar refractivity (Wildman–Crippen MR) is 72.4 cm³/mol. The van der Waals surface area contributed by atoms with E-state index < -0.39 is 0 Å². The first kappa shape index (κ1) is 10.8. The molecule has 1 aromatic heterocycles. The zero-order chi connectivity index (χ0) is 11.8. The summed E-state index contributed by atoms with van der Waals surface area (Å²) >= 11 is 0. The maximum Gasteiger partial charge on any atom is 0.0459 e. The maximum atomic E-state index is 3.58. The lowest BCUT2D eigenvalue weighted by molar-refractivity contribution is 0.680. The number of aromatic nitrogens is 1. The summed E-state index contributed by atoms with van der Waals surface area (Å²) in [5, 5.41) is 4.93. The molecular formula is C15H20N2. The van der Waals surface area contributed by atoms with Crippen molar-refractivity contribution in [2.24, 2.45) is 0 Å². The van der Waals surface area contributed by atoms with Crippen LogP contribution >= 0.6 is 0 Å². The second-order valence-corrected chi connectivity index (χ2v) is 5.32. The van der Waals surface area contributed by atoms with Gasteiger partial charge in [0.1, 0.15) is 0 Å². The van der Waals surface area contributed by atoms with Crippen molar-refractivity contribution in [3.63, 3.8) is 0 Å². The first-order chi connectivity index (χ1) is 8.25. The zero-order valence-corrected chi connectivity index (χ0v) is 10.6. The number of H-pyrrole nitrogens is 1. The van der Waals surface area contributed by atoms with E-state index in [1.165, 1.54) is 40.6 Å². The van der Waals surface area contributed by atoms with E-state index in [2.05, 4.69) is 42.3 Å². The van der Waals surface area contributed by atoms with E-state index in [1.54, 1.807) is 0 Å². The number of rotatable bonds is 1. The van der Waals surface area contributed by atoms with Crippen LogP contribution in [0.3, 0.4) is 0 Å². The Labute approximate surface area is 102 Å². The second kappa shape index (κ2) is 4.19. The topological polar surface area (TPSA) is 27.8 Å². The van der Waals surface area contributed by atoms with Gasteiger partial charge in [0.2, 0.25) is 0 Å². The maximum absolute atomic E-state index is 3.58. The Morgan fingerprint density at radius 3 is 2.94 bits per heavy atom. The fourth-order valence-corrected chi connectivity index (χ4v) is 2.70. The summed E-state index contributed by atoms with van der Waals surface area (Å²) in [7, 11) is 0. The van der Waals surface area contributed by atoms with Gasteiger partial charge in [0.05, 0.1) is 0 Å². The lowest BCUT2D eigenvalue weighted by Gasteiger charge is -2.06. The van der Waals surface area contributed by atoms with Gasteiger partial charge in [-0.3, -0.25) is 0 Å². The van der Waals surface area contributed by atoms with E-state index in [0.717, 1.165) is 13.1 Å². The van der Waals surface area contributed by atoms with Crippen LogP contribution in [-0.4, -0.2) is 11.5 Å². The molecule has 1 aromatic carbocycles. The molecule has 3 rings (SSSR count). The van der Waals surface area contributed by atoms with E-state index in [9.17, 15) is 0 Å². The van der Waals surface area contributed by atoms with Crippen molar-refractivity contribution in [2.75, 3.05) is 6.54 Å². The van der Waals surface area contributed by atoms with Crippen molar-refractivity contribution in [3.05, 3.63) is 35.0 Å². The SMILES string of the molecule is CC(C)c1ccc2[nH]c3c(c2c1)CNCCC3. The highest BCUT2D eigenvalue weighted by Gasteiger charge is 2.14. The van der Waals surface area contributed by atoms with Gasteiger partial charge in [-0.05, 0) is 48.6 Å². The molecule has 0 bridgehead atoms. The largest absolute Gasteiger partial charge is 0.358 e. The molecule has 0 saturated carbocycles. The first-order valence-corrected chi connectivity index (χ1v) is 6.60. The third-order valence-electron chi connectivity index (χ3n) is 3.77. The van der Waals surface area contributed by atoms with Gasteiger partial charge in [-0.25, -0.2) is 0 Å². The molecule has 1 aliphatic heterocycles. The van der Waals surface area contributed by atoms with Crippen LogP contribution in [0.15, 0.2) is 18.2 Å². The summed E-state index contributed by atoms with van der Waals surface area (Å²) in [5.74, 6) is 0.601. The minimum atomic E-state index is 0.601. The van der Waals surface area contributed by atoms with Crippen molar-refractivity contribution >= 4 is 10.9 Å². The minimum absolute atomic E-state index is 0.601. The summed E-state index contributed by atoms with van der Waals surface area (Å²) in [6, 6.07) is 6.85. The van der Waals surface area contributed by atoms with Gasteiger partial charge in [0, 0.05) is 23.1 Å². The average molecular weight is 228 g/mol. The molecule has 0 atom stereocenters. The quantitative estimate of drug-likeness (QED) is 0.770. The third kappa shape index (κ3) is 1.87. The zero-order valence-electron chi connectivity index (χ0n) is 10.6. The van der Waals surface area contributed by atoms with E-state index in [0.29, 0.717) is 5.92 Å². The average Bonchev–Trinajstić information content (AvgIpc) is 2.51. The molecular weight excluding hydrogens is 208 g/mol. The molecule has 2 heterocycles. The molecule has 17 heavy (non-hydrogen) atoms. The third-order valence-corrected chi connectivity index (χ3v) is 3.77. The number of aromatic amines is 1. The molecule has 2 nitrogen and oxygen atoms in total. The standard InChI is InChI=1S/C15H20N2/c1-10(2)11-5-6-15-12(8-11)13-9-16-7-3-4-14(13)17-15/h5-6,8,10,16-17H,3-4,7,9H2,1-2H3. The second-order valence-electron chi connectivity index (χ2n) is 5.32. The van der Waals surface area contributed by atoms with Gasteiger partial charge in [0.15, 0.2) is 0 Å². The van der Waals surface area contributed by atoms with E-state index in [4.69, 9.17) is 0 Å². The van der Waals surface area contributed by atoms with Crippen molar-refractivity contribution in [1.29, 1.82) is 0 Å². The fourth-order valence-electron chi connectivity index (χ4n) is 2.70. The van der Waals surface area contributed by atoms with E-state index in [-0.39, 0.29) is 0 Å². The summed E-state index contributed by atoms with van der Waals surface area (Å²) < 4.78 is 0. The Kier molecular flexibility index (Phi) is 2.67. The molecule has 0 radical (unpaired) electrons. The van der Waals surface area contributed by atoms with Crippen LogP contribution in [-0.2, 0) is 13.0 Å². The van der Waals surface area contributed by atoms with Crippen LogP contribution in [0.4, 0.5) is 0 Å². The van der Waals surface area contributed by atoms with Crippen LogP contribution in [0.25, 0.3) is 10.9 Å². The lowest BCUT2D eigenvalue weighted by Crippen LogP contribution is -2.11. The van der Waals surface area contributed by atoms with Gasteiger partial charge in [-0.1, -0.05) is 19.9 Å². The Morgan fingerprint density at radius 2 is 2.12 bits per heavy atom. The number of nitrogens with one attached hydrogen (secondary N) is 2. The van der Waals surface area contributed by atoms with Crippen molar-refractivity contribution in [3.8, 4) is 0 Å². The van der Waals surface area contributed by atoms with Crippen LogP contribution < -0.4 is 5.32 Å². The Morgan fingerprint density at radius 1 is 1.24 bits per heavy atom. The summed E-state index contributed by atoms with van der Waals surface area (Å²) in [4.78, 5) is 3.58. The predicted octanol–water partition coefficient (Wildman–Crippen LogP) is 3.33. The number of aryl methyl sites for hydroxylation is 1. The van der Waals surface area contributed by atoms with Crippen molar-refractivity contribution in [2.45, 2.75) is 39.2 Å². The van der Waals surface area contributed by atoms with Crippen molar-refractivity contribution < 1.29 is 0 Å². The molecule has 0 unspecified atom stereocenters. The highest BCUT2D eigenvalue weighted by molar-refractivity contribution is 5.85. The monoisotopic (exact) mass is 228 g/mol. The molecule has 0 spiro atoms. The van der Waals surface area contributed by atoms with Crippen LogP contribution in [0, 0.1) is 0 Å². The molecule has 0 aliphatic carbocycles. The van der Waals surface area contributed by atoms with Gasteiger partial charge in [-0.2, -0.15) is 0 Å². The number of fused-ring (bicyclic) bond motifs is 3. The highest BCUT2D eigenvalue weighted by Crippen LogP contribution is 2.28. The highest BCUT2D eigenvalue weighted by atomic mass is 14.9. The molecule has 90 valence electrons. The smallest absolute Gasteiger partial charge is 0.0459 e. The molecule has 2 heteroatoms. The van der Waals surface area contributed by atoms with Gasteiger partial charge >= 0.3 is 0 Å². The van der Waals surface area contributed by atoms with Crippen LogP contribution in [0.2, 0.25) is 0 Å². The van der Waals surface area contributed by atoms with Crippen LogP contribution in [0.1, 0.15) is 43.0 Å². The molecule has 1 aliphatic rings. The molecule has 2 N–H and O–H groups in total. The van der Waals surface area contributed by atoms with Gasteiger partial charge in [-0.15, -0.1) is 0 Å². The summed E-state index contributed by atoms with van der Waals surface area (Å²) in [6.45, 7) is 6.65. The van der Waals surface area contributed by atoms with E-state index in [1.807, 2.05) is 0 Å². The molecule has 2 aromatic rings. The first-order valence-electron chi connectivity index (χ1n) is 6.60. The van der Waals surface area contributed by atoms with Gasteiger partial charge < -0.3 is 10.3 Å². The molecule has 0 fully saturated rings. The number of benzene rings is 1. The Balaban J connectivity index is 2.17.